The van der Waals surface area contributed by atoms with Crippen molar-refractivity contribution in [3.8, 4) is 0 Å². The van der Waals surface area contributed by atoms with Gasteiger partial charge in [0.25, 0.3) is 0 Å². The fourth-order valence-electron chi connectivity index (χ4n) is 2.50. The van der Waals surface area contributed by atoms with Crippen molar-refractivity contribution in [2.24, 2.45) is 5.92 Å². The van der Waals surface area contributed by atoms with E-state index in [1.807, 2.05) is 30.3 Å². The first-order valence-corrected chi connectivity index (χ1v) is 7.26. The van der Waals surface area contributed by atoms with Gasteiger partial charge in [0, 0.05) is 0 Å². The van der Waals surface area contributed by atoms with Crippen LogP contribution in [0, 0.1) is 5.92 Å². The average Bonchev–Trinajstić information content (AvgIpc) is 2.86. The minimum absolute atomic E-state index is 0.203. The third-order valence-electron chi connectivity index (χ3n) is 3.90. The van der Waals surface area contributed by atoms with Crippen molar-refractivity contribution >= 4 is 12.0 Å². The third kappa shape index (κ3) is 3.42. The molecule has 0 saturated carbocycles. The second kappa shape index (κ2) is 6.72. The van der Waals surface area contributed by atoms with Gasteiger partial charge in [-0.15, -0.1) is 0 Å². The lowest BCUT2D eigenvalue weighted by atomic mass is 9.99. The Hall–Kier alpha value is -1.88. The van der Waals surface area contributed by atoms with Crippen LogP contribution in [0.2, 0.25) is 0 Å². The smallest absolute Gasteiger partial charge is 0.416 e. The molecule has 1 aromatic rings. The number of hydrogen-bond acceptors (Lipinski definition) is 4. The molecule has 2 rings (SSSR count). The van der Waals surface area contributed by atoms with Crippen LogP contribution in [-0.2, 0) is 16.0 Å². The standard InChI is InChI=1S/C16H21NO4/c1-3-14(18)11(2)15(19)17-13(10-21-16(17)20)9-12-7-5-4-6-8-12/h4-8,11,13-14,18H,3,9-10H2,1-2H3/t11-,13-,14+/m1/s1. The highest BCUT2D eigenvalue weighted by molar-refractivity contribution is 5.94. The molecule has 5 nitrogen and oxygen atoms in total. The molecule has 1 aliphatic rings. The highest BCUT2D eigenvalue weighted by Gasteiger charge is 2.40. The summed E-state index contributed by atoms with van der Waals surface area (Å²) in [6, 6.07) is 9.36. The molecule has 1 heterocycles. The van der Waals surface area contributed by atoms with Crippen molar-refractivity contribution in [1.29, 1.82) is 0 Å². The van der Waals surface area contributed by atoms with Crippen molar-refractivity contribution in [2.75, 3.05) is 6.61 Å². The Balaban J connectivity index is 2.11. The van der Waals surface area contributed by atoms with Crippen molar-refractivity contribution < 1.29 is 19.4 Å². The first kappa shape index (κ1) is 15.5. The largest absolute Gasteiger partial charge is 0.447 e. The van der Waals surface area contributed by atoms with Gasteiger partial charge < -0.3 is 9.84 Å². The van der Waals surface area contributed by atoms with Crippen LogP contribution in [0.5, 0.6) is 0 Å². The minimum atomic E-state index is -0.747. The van der Waals surface area contributed by atoms with Gasteiger partial charge in [0.05, 0.1) is 18.1 Å². The number of imide groups is 1. The number of amides is 2. The molecule has 1 fully saturated rings. The third-order valence-corrected chi connectivity index (χ3v) is 3.90. The van der Waals surface area contributed by atoms with Gasteiger partial charge in [-0.3, -0.25) is 4.79 Å². The Labute approximate surface area is 124 Å². The van der Waals surface area contributed by atoms with E-state index in [-0.39, 0.29) is 18.6 Å². The van der Waals surface area contributed by atoms with E-state index in [4.69, 9.17) is 4.74 Å². The van der Waals surface area contributed by atoms with Gasteiger partial charge in [0.2, 0.25) is 5.91 Å². The maximum absolute atomic E-state index is 12.4. The molecule has 1 N–H and O–H groups in total. The highest BCUT2D eigenvalue weighted by atomic mass is 16.6. The SMILES string of the molecule is CC[C@H](O)[C@@H](C)C(=O)N1C(=O)OC[C@H]1Cc1ccccc1. The van der Waals surface area contributed by atoms with Crippen molar-refractivity contribution in [1.82, 2.24) is 4.90 Å². The summed E-state index contributed by atoms with van der Waals surface area (Å²) >= 11 is 0. The molecule has 1 aliphatic heterocycles. The van der Waals surface area contributed by atoms with E-state index in [0.717, 1.165) is 10.5 Å². The summed E-state index contributed by atoms with van der Waals surface area (Å²) in [5.41, 5.74) is 1.04. The van der Waals surface area contributed by atoms with Crippen molar-refractivity contribution in [3.63, 3.8) is 0 Å². The lowest BCUT2D eigenvalue weighted by molar-refractivity contribution is -0.136. The molecule has 0 aliphatic carbocycles. The predicted octanol–water partition coefficient (Wildman–Crippen LogP) is 1.98. The Bertz CT molecular complexity index is 502. The molecular formula is C16H21NO4. The van der Waals surface area contributed by atoms with E-state index in [2.05, 4.69) is 0 Å². The number of aliphatic hydroxyl groups is 1. The fourth-order valence-corrected chi connectivity index (χ4v) is 2.50. The number of benzene rings is 1. The average molecular weight is 291 g/mol. The number of carbonyl (C=O) groups is 2. The van der Waals surface area contributed by atoms with Gasteiger partial charge in [-0.1, -0.05) is 44.2 Å². The lowest BCUT2D eigenvalue weighted by Crippen LogP contribution is -2.45. The summed E-state index contributed by atoms with van der Waals surface area (Å²) in [4.78, 5) is 25.4. The monoisotopic (exact) mass is 291 g/mol. The van der Waals surface area contributed by atoms with Gasteiger partial charge in [-0.05, 0) is 18.4 Å². The Kier molecular flexibility index (Phi) is 4.96. The molecule has 2 amide bonds. The lowest BCUT2D eigenvalue weighted by Gasteiger charge is -2.25. The van der Waals surface area contributed by atoms with E-state index in [1.165, 1.54) is 0 Å². The Morgan fingerprint density at radius 2 is 2.10 bits per heavy atom. The van der Waals surface area contributed by atoms with Crippen LogP contribution in [-0.4, -0.2) is 40.8 Å². The van der Waals surface area contributed by atoms with Crippen LogP contribution in [0.15, 0.2) is 30.3 Å². The molecule has 5 heteroatoms. The zero-order valence-electron chi connectivity index (χ0n) is 12.4. The molecular weight excluding hydrogens is 270 g/mol. The molecule has 114 valence electrons. The van der Waals surface area contributed by atoms with E-state index in [0.29, 0.717) is 12.8 Å². The zero-order valence-corrected chi connectivity index (χ0v) is 12.4. The first-order valence-electron chi connectivity index (χ1n) is 7.26. The summed E-state index contributed by atoms with van der Waals surface area (Å²) in [5, 5.41) is 9.82. The van der Waals surface area contributed by atoms with Crippen LogP contribution < -0.4 is 0 Å². The summed E-state index contributed by atoms with van der Waals surface area (Å²) < 4.78 is 5.02. The number of hydrogen-bond donors (Lipinski definition) is 1. The van der Waals surface area contributed by atoms with E-state index in [1.54, 1.807) is 13.8 Å². The minimum Gasteiger partial charge on any atom is -0.447 e. The van der Waals surface area contributed by atoms with E-state index < -0.39 is 18.1 Å². The van der Waals surface area contributed by atoms with E-state index >= 15 is 0 Å². The molecule has 0 bridgehead atoms. The van der Waals surface area contributed by atoms with Gasteiger partial charge in [-0.25, -0.2) is 9.69 Å². The molecule has 21 heavy (non-hydrogen) atoms. The number of rotatable bonds is 5. The highest BCUT2D eigenvalue weighted by Crippen LogP contribution is 2.21. The second-order valence-electron chi connectivity index (χ2n) is 5.39. The van der Waals surface area contributed by atoms with Crippen LogP contribution >= 0.6 is 0 Å². The number of aliphatic hydroxyl groups excluding tert-OH is 1. The Morgan fingerprint density at radius 1 is 1.43 bits per heavy atom. The molecule has 3 atom stereocenters. The summed E-state index contributed by atoms with van der Waals surface area (Å²) in [6.45, 7) is 3.65. The normalized spacial score (nSPS) is 21.0. The summed E-state index contributed by atoms with van der Waals surface area (Å²) in [5.74, 6) is -0.980. The van der Waals surface area contributed by atoms with Crippen LogP contribution in [0.25, 0.3) is 0 Å². The topological polar surface area (TPSA) is 66.8 Å². The molecule has 0 aromatic heterocycles. The van der Waals surface area contributed by atoms with Gasteiger partial charge >= 0.3 is 6.09 Å². The van der Waals surface area contributed by atoms with E-state index in [9.17, 15) is 14.7 Å². The maximum atomic E-state index is 12.4. The number of cyclic esters (lactones) is 1. The maximum Gasteiger partial charge on any atom is 0.416 e. The van der Waals surface area contributed by atoms with Crippen molar-refractivity contribution in [3.05, 3.63) is 35.9 Å². The summed E-state index contributed by atoms with van der Waals surface area (Å²) in [6.07, 6.45) is -0.328. The predicted molar refractivity (Wildman–Crippen MR) is 77.6 cm³/mol. The fraction of sp³-hybridized carbons (Fsp3) is 0.500. The first-order chi connectivity index (χ1) is 10.0. The number of nitrogens with zero attached hydrogens (tertiary/aromatic N) is 1. The molecule has 0 unspecified atom stereocenters. The molecule has 0 spiro atoms. The summed E-state index contributed by atoms with van der Waals surface area (Å²) in [7, 11) is 0. The molecule has 0 radical (unpaired) electrons. The number of carbonyl (C=O) groups excluding carboxylic acids is 2. The zero-order chi connectivity index (χ0) is 15.4. The van der Waals surface area contributed by atoms with Gasteiger partial charge in [0.1, 0.15) is 6.61 Å². The number of ether oxygens (including phenoxy) is 1. The Morgan fingerprint density at radius 3 is 2.71 bits per heavy atom. The molecule has 1 aromatic carbocycles. The quantitative estimate of drug-likeness (QED) is 0.901. The van der Waals surface area contributed by atoms with Gasteiger partial charge in [0.15, 0.2) is 0 Å². The van der Waals surface area contributed by atoms with Crippen molar-refractivity contribution in [2.45, 2.75) is 38.8 Å². The van der Waals surface area contributed by atoms with Crippen LogP contribution in [0.4, 0.5) is 4.79 Å². The second-order valence-corrected chi connectivity index (χ2v) is 5.39. The van der Waals surface area contributed by atoms with Gasteiger partial charge in [-0.2, -0.15) is 0 Å². The van der Waals surface area contributed by atoms with Crippen LogP contribution in [0.3, 0.4) is 0 Å². The van der Waals surface area contributed by atoms with Crippen LogP contribution in [0.1, 0.15) is 25.8 Å². The molecule has 1 saturated heterocycles.